The first-order valence-corrected chi connectivity index (χ1v) is 21.0. The molecule has 0 atom stereocenters. The van der Waals surface area contributed by atoms with Gasteiger partial charge in [-0.1, -0.05) is 102 Å². The van der Waals surface area contributed by atoms with Crippen LogP contribution < -0.4 is 0 Å². The first-order chi connectivity index (χ1) is 30.7. The van der Waals surface area contributed by atoms with Gasteiger partial charge < -0.3 is 13.4 Å². The summed E-state index contributed by atoms with van der Waals surface area (Å²) < 4.78 is 21.2. The second-order valence-corrected chi connectivity index (χ2v) is 16.3. The van der Waals surface area contributed by atoms with E-state index < -0.39 is 0 Å². The molecular formula is C53H29N5O3S. The Bertz CT molecular complexity index is 3820. The topological polar surface area (TPSA) is 104 Å². The van der Waals surface area contributed by atoms with Gasteiger partial charge in [0.15, 0.2) is 11.2 Å². The number of thiophene rings is 1. The van der Waals surface area contributed by atoms with Crippen LogP contribution in [0.15, 0.2) is 189 Å². The highest BCUT2D eigenvalue weighted by molar-refractivity contribution is 7.22. The molecule has 0 saturated heterocycles. The van der Waals surface area contributed by atoms with Gasteiger partial charge in [0, 0.05) is 53.6 Å². The summed E-state index contributed by atoms with van der Waals surface area (Å²) in [6, 6.07) is 56.9. The van der Waals surface area contributed by atoms with Crippen molar-refractivity contribution in [2.75, 3.05) is 0 Å². The number of benzene rings is 7. The SMILES string of the molecule is c1ccc2nc(-c3c(-c4cc5ccccc5s4)c(-c4cc5ccccc5o4)c(-c4cnc5ccccc5n4)c(-c4nc5ccccc5o4)c3-c3noc4ccccc34)ccc2c1. The van der Waals surface area contributed by atoms with Crippen molar-refractivity contribution in [3.8, 4) is 67.0 Å². The number of rotatable bonds is 6. The molecule has 0 fully saturated rings. The zero-order valence-corrected chi connectivity index (χ0v) is 33.4. The van der Waals surface area contributed by atoms with E-state index in [0.717, 1.165) is 81.2 Å². The van der Waals surface area contributed by atoms with Crippen molar-refractivity contribution in [3.05, 3.63) is 176 Å². The van der Waals surface area contributed by atoms with Crippen LogP contribution in [0.2, 0.25) is 0 Å². The molecule has 0 amide bonds. The average molecular weight is 816 g/mol. The third kappa shape index (κ3) is 5.42. The predicted molar refractivity (Wildman–Crippen MR) is 248 cm³/mol. The number of fused-ring (bicyclic) bond motifs is 6. The summed E-state index contributed by atoms with van der Waals surface area (Å²) in [4.78, 5) is 22.2. The van der Waals surface area contributed by atoms with Crippen LogP contribution >= 0.6 is 11.3 Å². The minimum atomic E-state index is 0.375. The van der Waals surface area contributed by atoms with Gasteiger partial charge in [0.1, 0.15) is 22.6 Å². The second-order valence-electron chi connectivity index (χ2n) is 15.2. The summed E-state index contributed by atoms with van der Waals surface area (Å²) in [6.07, 6.45) is 1.84. The largest absolute Gasteiger partial charge is 0.456 e. The van der Waals surface area contributed by atoms with Crippen LogP contribution in [0, 0.1) is 0 Å². The van der Waals surface area contributed by atoms with E-state index in [1.165, 1.54) is 0 Å². The number of furan rings is 1. The molecule has 0 N–H and O–H groups in total. The van der Waals surface area contributed by atoms with Crippen molar-refractivity contribution in [2.45, 2.75) is 0 Å². The third-order valence-corrected chi connectivity index (χ3v) is 12.7. The Morgan fingerprint density at radius 1 is 0.419 bits per heavy atom. The van der Waals surface area contributed by atoms with Crippen molar-refractivity contribution in [1.82, 2.24) is 25.1 Å². The van der Waals surface area contributed by atoms with Crippen LogP contribution in [0.25, 0.3) is 132 Å². The molecule has 290 valence electrons. The normalized spacial score (nSPS) is 11.9. The van der Waals surface area contributed by atoms with E-state index in [1.54, 1.807) is 11.3 Å². The minimum absolute atomic E-state index is 0.375. The Kier molecular flexibility index (Phi) is 7.60. The number of para-hydroxylation sites is 7. The van der Waals surface area contributed by atoms with Crippen molar-refractivity contribution in [3.63, 3.8) is 0 Å². The number of hydrogen-bond donors (Lipinski definition) is 0. The highest BCUT2D eigenvalue weighted by atomic mass is 32.1. The molecular weight excluding hydrogens is 787 g/mol. The van der Waals surface area contributed by atoms with Crippen LogP contribution in [0.3, 0.4) is 0 Å². The minimum Gasteiger partial charge on any atom is -0.456 e. The van der Waals surface area contributed by atoms with Gasteiger partial charge in [0.2, 0.25) is 5.89 Å². The first kappa shape index (κ1) is 34.6. The quantitative estimate of drug-likeness (QED) is 0.163. The summed E-state index contributed by atoms with van der Waals surface area (Å²) in [7, 11) is 0. The number of hydrogen-bond acceptors (Lipinski definition) is 9. The molecule has 0 unspecified atom stereocenters. The zero-order chi connectivity index (χ0) is 40.7. The van der Waals surface area contributed by atoms with E-state index >= 15 is 0 Å². The van der Waals surface area contributed by atoms with Gasteiger partial charge >= 0.3 is 0 Å². The molecule has 62 heavy (non-hydrogen) atoms. The second kappa shape index (κ2) is 13.6. The van der Waals surface area contributed by atoms with Crippen LogP contribution in [-0.4, -0.2) is 25.1 Å². The molecule has 8 nitrogen and oxygen atoms in total. The van der Waals surface area contributed by atoms with Gasteiger partial charge in [-0.25, -0.2) is 15.0 Å². The summed E-state index contributed by atoms with van der Waals surface area (Å²) in [5, 5.41) is 8.84. The van der Waals surface area contributed by atoms with Gasteiger partial charge in [-0.15, -0.1) is 11.3 Å². The molecule has 13 rings (SSSR count). The van der Waals surface area contributed by atoms with Gasteiger partial charge in [0.25, 0.3) is 0 Å². The van der Waals surface area contributed by atoms with Crippen molar-refractivity contribution >= 4 is 76.4 Å². The summed E-state index contributed by atoms with van der Waals surface area (Å²) >= 11 is 1.71. The molecule has 0 bridgehead atoms. The number of nitrogens with zero attached hydrogens (tertiary/aromatic N) is 5. The fraction of sp³-hybridized carbons (Fsp3) is 0. The van der Waals surface area contributed by atoms with Gasteiger partial charge in [0.05, 0.1) is 39.7 Å². The Labute approximate surface area is 356 Å². The Hall–Kier alpha value is -8.27. The van der Waals surface area contributed by atoms with Crippen LogP contribution in [0.5, 0.6) is 0 Å². The fourth-order valence-electron chi connectivity index (χ4n) is 8.74. The number of oxazole rings is 1. The van der Waals surface area contributed by atoms with Crippen molar-refractivity contribution in [1.29, 1.82) is 0 Å². The Morgan fingerprint density at radius 2 is 1.10 bits per heavy atom. The maximum Gasteiger partial charge on any atom is 0.228 e. The predicted octanol–water partition coefficient (Wildman–Crippen LogP) is 14.4. The molecule has 6 heterocycles. The lowest BCUT2D eigenvalue weighted by molar-refractivity contribution is 0.459. The number of aromatic nitrogens is 5. The van der Waals surface area contributed by atoms with Crippen LogP contribution in [0.4, 0.5) is 0 Å². The highest BCUT2D eigenvalue weighted by Crippen LogP contribution is 2.57. The fourth-order valence-corrected chi connectivity index (χ4v) is 9.86. The molecule has 0 aliphatic carbocycles. The first-order valence-electron chi connectivity index (χ1n) is 20.2. The molecule has 0 radical (unpaired) electrons. The Balaban J connectivity index is 1.33. The lowest BCUT2D eigenvalue weighted by Crippen LogP contribution is -2.04. The summed E-state index contributed by atoms with van der Waals surface area (Å²) in [5.74, 6) is 1.01. The summed E-state index contributed by atoms with van der Waals surface area (Å²) in [6.45, 7) is 0. The summed E-state index contributed by atoms with van der Waals surface area (Å²) in [5.41, 5.74) is 11.6. The smallest absolute Gasteiger partial charge is 0.228 e. The van der Waals surface area contributed by atoms with E-state index in [4.69, 9.17) is 38.4 Å². The molecule has 0 spiro atoms. The maximum absolute atomic E-state index is 7.00. The molecule has 13 aromatic rings. The third-order valence-electron chi connectivity index (χ3n) is 11.5. The van der Waals surface area contributed by atoms with Gasteiger partial charge in [-0.05, 0) is 78.2 Å². The lowest BCUT2D eigenvalue weighted by atomic mass is 9.80. The van der Waals surface area contributed by atoms with Crippen molar-refractivity contribution < 1.29 is 13.4 Å². The molecule has 0 aliphatic rings. The van der Waals surface area contributed by atoms with E-state index in [0.29, 0.717) is 50.8 Å². The van der Waals surface area contributed by atoms with E-state index in [1.807, 2.05) is 115 Å². The lowest BCUT2D eigenvalue weighted by Gasteiger charge is -2.24. The van der Waals surface area contributed by atoms with Gasteiger partial charge in [-0.3, -0.25) is 4.98 Å². The Morgan fingerprint density at radius 3 is 1.94 bits per heavy atom. The number of pyridine rings is 1. The van der Waals surface area contributed by atoms with E-state index in [9.17, 15) is 0 Å². The van der Waals surface area contributed by atoms with Crippen LogP contribution in [0.1, 0.15) is 0 Å². The molecule has 0 aliphatic heterocycles. The standard InChI is InChI=1S/C53H29N5O3S/c1-5-17-34-30(13-1)25-26-38(55-34)46-49(45-28-32-15-3-12-24-44(32)62-45)48(43-27-31-14-2-9-21-40(31)59-43)47(39-29-54-35-18-6-7-19-36(35)56-39)51(53-57-37-20-8-11-23-42(37)60-53)50(46)52-33-16-4-10-22-41(33)61-58-52/h1-29H. The highest BCUT2D eigenvalue weighted by Gasteiger charge is 2.36. The molecule has 7 aromatic carbocycles. The molecule has 9 heteroatoms. The monoisotopic (exact) mass is 815 g/mol. The molecule has 0 saturated carbocycles. The maximum atomic E-state index is 7.00. The van der Waals surface area contributed by atoms with Gasteiger partial charge in [-0.2, -0.15) is 0 Å². The van der Waals surface area contributed by atoms with E-state index in [2.05, 4.69) is 60.7 Å². The van der Waals surface area contributed by atoms with Crippen LogP contribution in [-0.2, 0) is 0 Å². The zero-order valence-electron chi connectivity index (χ0n) is 32.6. The van der Waals surface area contributed by atoms with E-state index in [-0.39, 0.29) is 0 Å². The molecule has 6 aromatic heterocycles. The van der Waals surface area contributed by atoms with Crippen molar-refractivity contribution in [2.24, 2.45) is 0 Å². The average Bonchev–Trinajstić information content (AvgIpc) is 4.15.